The summed E-state index contributed by atoms with van der Waals surface area (Å²) in [4.78, 5) is 27.2. The number of aromatic nitrogens is 6. The Morgan fingerprint density at radius 3 is 2.68 bits per heavy atom. The van der Waals surface area contributed by atoms with Gasteiger partial charge in [0.2, 0.25) is 5.28 Å². The average molecular weight is 526 g/mol. The Morgan fingerprint density at radius 2 is 1.89 bits per heavy atom. The lowest BCUT2D eigenvalue weighted by Crippen LogP contribution is -2.26. The first kappa shape index (κ1) is 23.7. The number of nitrogens with zero attached hydrogens (tertiary/aromatic N) is 6. The number of anilines is 1. The van der Waals surface area contributed by atoms with Crippen LogP contribution < -0.4 is 10.9 Å². The summed E-state index contributed by atoms with van der Waals surface area (Å²) in [5.74, 6) is -0.0186. The molecule has 0 radical (unpaired) electrons. The number of fused-ring (bicyclic) bond motifs is 2. The summed E-state index contributed by atoms with van der Waals surface area (Å²) < 4.78 is 17.6. The van der Waals surface area contributed by atoms with Crippen LogP contribution in [0, 0.1) is 5.82 Å². The summed E-state index contributed by atoms with van der Waals surface area (Å²) >= 11 is 6.18. The quantitative estimate of drug-likeness (QED) is 0.291. The molecule has 8 nitrogen and oxygen atoms in total. The van der Waals surface area contributed by atoms with Gasteiger partial charge in [-0.25, -0.2) is 9.37 Å². The molecule has 0 fully saturated rings. The Bertz CT molecular complexity index is 1900. The van der Waals surface area contributed by atoms with E-state index in [-0.39, 0.29) is 10.8 Å². The maximum atomic E-state index is 14.4. The minimum atomic E-state index is -0.450. The molecule has 0 bridgehead atoms. The number of benzene rings is 2. The number of pyridine rings is 2. The smallest absolute Gasteiger partial charge is 0.263 e. The van der Waals surface area contributed by atoms with Crippen molar-refractivity contribution < 1.29 is 4.39 Å². The molecule has 10 heteroatoms. The molecule has 2 aromatic carbocycles. The van der Waals surface area contributed by atoms with Crippen LogP contribution in [0.4, 0.5) is 10.2 Å². The highest BCUT2D eigenvalue weighted by Crippen LogP contribution is 2.31. The van der Waals surface area contributed by atoms with Gasteiger partial charge in [0.05, 0.1) is 28.8 Å². The van der Waals surface area contributed by atoms with E-state index in [0.717, 1.165) is 16.5 Å². The Balaban J connectivity index is 1.58. The van der Waals surface area contributed by atoms with Crippen molar-refractivity contribution in [1.29, 1.82) is 0 Å². The molecule has 0 aliphatic heterocycles. The molecule has 1 atom stereocenters. The molecular formula is C28H21ClFN7O. The van der Waals surface area contributed by atoms with Crippen LogP contribution in [0.5, 0.6) is 0 Å². The molecule has 38 heavy (non-hydrogen) atoms. The number of hydrogen-bond donors (Lipinski definition) is 1. The van der Waals surface area contributed by atoms with Gasteiger partial charge < -0.3 is 5.32 Å². The Kier molecular flexibility index (Phi) is 5.84. The summed E-state index contributed by atoms with van der Waals surface area (Å²) in [7, 11) is 1.82. The summed E-state index contributed by atoms with van der Waals surface area (Å²) in [5.41, 5.74) is 3.43. The summed E-state index contributed by atoms with van der Waals surface area (Å²) in [6, 6.07) is 16.7. The van der Waals surface area contributed by atoms with Gasteiger partial charge >= 0.3 is 0 Å². The lowest BCUT2D eigenvalue weighted by Gasteiger charge is -2.22. The molecule has 6 rings (SSSR count). The van der Waals surface area contributed by atoms with E-state index < -0.39 is 11.9 Å². The maximum absolute atomic E-state index is 14.4. The number of rotatable bonds is 5. The van der Waals surface area contributed by atoms with Crippen molar-refractivity contribution in [2.24, 2.45) is 7.05 Å². The van der Waals surface area contributed by atoms with Crippen LogP contribution >= 0.6 is 11.6 Å². The van der Waals surface area contributed by atoms with E-state index >= 15 is 0 Å². The zero-order chi connectivity index (χ0) is 26.4. The van der Waals surface area contributed by atoms with Gasteiger partial charge in [-0.3, -0.25) is 19.0 Å². The normalized spacial score (nSPS) is 12.2. The third-order valence-electron chi connectivity index (χ3n) is 6.38. The Morgan fingerprint density at radius 1 is 1.05 bits per heavy atom. The van der Waals surface area contributed by atoms with Crippen LogP contribution in [0.1, 0.15) is 18.7 Å². The summed E-state index contributed by atoms with van der Waals surface area (Å²) in [6.45, 7) is 1.89. The standard InChI is InChI=1S/C28H21ClFN7O/c1-16(33-26-25-22(10-5-11-31-25)34-28(29)35-26)23-12-17-6-3-9-21(18-14-32-36(2)15-18)24(17)27(38)37(23)20-8-4-7-19(30)13-20/h3-16H,1-2H3,(H,33,34,35)/t16-/m0/s1. The third kappa shape index (κ3) is 4.16. The summed E-state index contributed by atoms with van der Waals surface area (Å²) in [5, 5.41) is 8.94. The van der Waals surface area contributed by atoms with Crippen molar-refractivity contribution in [1.82, 2.24) is 29.3 Å². The lowest BCUT2D eigenvalue weighted by molar-refractivity contribution is 0.625. The molecular weight excluding hydrogens is 505 g/mol. The molecule has 0 unspecified atom stereocenters. The third-order valence-corrected chi connectivity index (χ3v) is 6.55. The number of hydrogen-bond acceptors (Lipinski definition) is 6. The first-order valence-corrected chi connectivity index (χ1v) is 12.3. The van der Waals surface area contributed by atoms with Crippen molar-refractivity contribution in [3.05, 3.63) is 106 Å². The van der Waals surface area contributed by atoms with Crippen LogP contribution in [0.3, 0.4) is 0 Å². The molecule has 0 spiro atoms. The van der Waals surface area contributed by atoms with Crippen LogP contribution in [-0.4, -0.2) is 29.3 Å². The van der Waals surface area contributed by atoms with Gasteiger partial charge in [0.1, 0.15) is 11.3 Å². The predicted molar refractivity (Wildman–Crippen MR) is 146 cm³/mol. The molecule has 0 aliphatic carbocycles. The highest BCUT2D eigenvalue weighted by atomic mass is 35.5. The SMILES string of the molecule is C[C@H](Nc1nc(Cl)nc2cccnc12)c1cc2cccc(-c3cnn(C)c3)c2c(=O)n1-c1cccc(F)c1. The van der Waals surface area contributed by atoms with Gasteiger partial charge in [-0.1, -0.05) is 24.3 Å². The predicted octanol–water partition coefficient (Wildman–Crippen LogP) is 5.70. The number of halogens is 2. The van der Waals surface area contributed by atoms with E-state index in [0.29, 0.717) is 33.6 Å². The van der Waals surface area contributed by atoms with Crippen LogP contribution in [0.15, 0.2) is 84.0 Å². The van der Waals surface area contributed by atoms with Crippen molar-refractivity contribution in [2.75, 3.05) is 5.32 Å². The fourth-order valence-corrected chi connectivity index (χ4v) is 4.88. The Labute approximate surface area is 221 Å². The molecule has 0 saturated carbocycles. The molecule has 188 valence electrons. The second-order valence-corrected chi connectivity index (χ2v) is 9.28. The minimum absolute atomic E-state index is 0.0716. The van der Waals surface area contributed by atoms with E-state index in [1.54, 1.807) is 41.3 Å². The van der Waals surface area contributed by atoms with E-state index in [4.69, 9.17) is 11.6 Å². The monoisotopic (exact) mass is 525 g/mol. The van der Waals surface area contributed by atoms with E-state index in [2.05, 4.69) is 25.4 Å². The van der Waals surface area contributed by atoms with Crippen molar-refractivity contribution in [3.63, 3.8) is 0 Å². The molecule has 1 N–H and O–H groups in total. The van der Waals surface area contributed by atoms with Crippen molar-refractivity contribution in [2.45, 2.75) is 13.0 Å². The fourth-order valence-electron chi connectivity index (χ4n) is 4.70. The van der Waals surface area contributed by atoms with Gasteiger partial charge in [0.15, 0.2) is 5.82 Å². The van der Waals surface area contributed by atoms with Gasteiger partial charge in [-0.15, -0.1) is 0 Å². The zero-order valence-electron chi connectivity index (χ0n) is 20.4. The van der Waals surface area contributed by atoms with Crippen LogP contribution in [-0.2, 0) is 7.05 Å². The van der Waals surface area contributed by atoms with E-state index in [1.807, 2.05) is 44.4 Å². The average Bonchev–Trinajstić information content (AvgIpc) is 3.34. The number of aryl methyl sites for hydroxylation is 1. The second-order valence-electron chi connectivity index (χ2n) is 8.94. The summed E-state index contributed by atoms with van der Waals surface area (Å²) in [6.07, 6.45) is 5.22. The van der Waals surface area contributed by atoms with E-state index in [1.165, 1.54) is 16.7 Å². The van der Waals surface area contributed by atoms with Gasteiger partial charge in [0.25, 0.3) is 5.56 Å². The fraction of sp³-hybridized carbons (Fsp3) is 0.107. The molecule has 4 heterocycles. The van der Waals surface area contributed by atoms with Gasteiger partial charge in [0, 0.05) is 30.7 Å². The van der Waals surface area contributed by atoms with Crippen molar-refractivity contribution in [3.8, 4) is 16.8 Å². The zero-order valence-corrected chi connectivity index (χ0v) is 21.2. The molecule has 0 amide bonds. The van der Waals surface area contributed by atoms with Crippen LogP contribution in [0.25, 0.3) is 38.6 Å². The largest absolute Gasteiger partial charge is 0.360 e. The van der Waals surface area contributed by atoms with Gasteiger partial charge in [-0.05, 0) is 65.9 Å². The van der Waals surface area contributed by atoms with Crippen molar-refractivity contribution >= 4 is 39.2 Å². The topological polar surface area (TPSA) is 90.5 Å². The first-order valence-electron chi connectivity index (χ1n) is 11.9. The highest BCUT2D eigenvalue weighted by Gasteiger charge is 2.21. The van der Waals surface area contributed by atoms with Gasteiger partial charge in [-0.2, -0.15) is 10.1 Å². The molecule has 6 aromatic rings. The highest BCUT2D eigenvalue weighted by molar-refractivity contribution is 6.28. The minimum Gasteiger partial charge on any atom is -0.360 e. The molecule has 0 saturated heterocycles. The van der Waals surface area contributed by atoms with E-state index in [9.17, 15) is 9.18 Å². The van der Waals surface area contributed by atoms with Crippen LogP contribution in [0.2, 0.25) is 5.28 Å². The first-order chi connectivity index (χ1) is 18.4. The second kappa shape index (κ2) is 9.35. The molecule has 4 aromatic heterocycles. The lowest BCUT2D eigenvalue weighted by atomic mass is 9.99. The Hall–Kier alpha value is -4.63. The molecule has 0 aliphatic rings. The number of nitrogens with one attached hydrogen (secondary N) is 1. The maximum Gasteiger partial charge on any atom is 0.263 e.